The molecule has 1 saturated heterocycles. The molecule has 7 nitrogen and oxygen atoms in total. The summed E-state index contributed by atoms with van der Waals surface area (Å²) in [5, 5.41) is 5.57. The molecule has 100 valence electrons. The number of amides is 1. The van der Waals surface area contributed by atoms with E-state index < -0.39 is 10.0 Å². The summed E-state index contributed by atoms with van der Waals surface area (Å²) < 4.78 is 29.1. The molecule has 0 bridgehead atoms. The Kier molecular flexibility index (Phi) is 5.31. The molecule has 1 heterocycles. The van der Waals surface area contributed by atoms with Crippen LogP contribution in [0.15, 0.2) is 0 Å². The van der Waals surface area contributed by atoms with E-state index in [4.69, 9.17) is 4.74 Å². The third-order valence-corrected chi connectivity index (χ3v) is 4.29. The molecular weight excluding hydrogens is 246 g/mol. The summed E-state index contributed by atoms with van der Waals surface area (Å²) in [4.78, 5) is 11.6. The van der Waals surface area contributed by atoms with Crippen LogP contribution in [0, 0.1) is 0 Å². The van der Waals surface area contributed by atoms with Crippen molar-refractivity contribution in [2.45, 2.75) is 6.04 Å². The van der Waals surface area contributed by atoms with E-state index in [0.717, 1.165) is 4.31 Å². The Morgan fingerprint density at radius 1 is 1.53 bits per heavy atom. The summed E-state index contributed by atoms with van der Waals surface area (Å²) in [7, 11) is -0.326. The fourth-order valence-corrected chi connectivity index (χ4v) is 2.07. The monoisotopic (exact) mass is 265 g/mol. The predicted octanol–water partition coefficient (Wildman–Crippen LogP) is -2.02. The number of carbonyl (C=O) groups is 1. The highest BCUT2D eigenvalue weighted by Crippen LogP contribution is 1.95. The number of hydrogen-bond donors (Lipinski definition) is 2. The van der Waals surface area contributed by atoms with Crippen LogP contribution in [0.4, 0.5) is 0 Å². The minimum absolute atomic E-state index is 0.0979. The zero-order valence-electron chi connectivity index (χ0n) is 10.1. The van der Waals surface area contributed by atoms with Gasteiger partial charge in [0.15, 0.2) is 0 Å². The van der Waals surface area contributed by atoms with Gasteiger partial charge in [0.2, 0.25) is 15.9 Å². The van der Waals surface area contributed by atoms with Crippen molar-refractivity contribution < 1.29 is 17.9 Å². The number of morpholine rings is 1. The van der Waals surface area contributed by atoms with Crippen molar-refractivity contribution in [2.24, 2.45) is 0 Å². The number of nitrogens with zero attached hydrogens (tertiary/aromatic N) is 1. The molecule has 0 spiro atoms. The molecule has 0 saturated carbocycles. The van der Waals surface area contributed by atoms with Gasteiger partial charge in [0.05, 0.1) is 19.0 Å². The van der Waals surface area contributed by atoms with Gasteiger partial charge in [-0.2, -0.15) is 0 Å². The van der Waals surface area contributed by atoms with Crippen molar-refractivity contribution in [3.8, 4) is 0 Å². The standard InChI is InChI=1S/C9H19N3O4S/c1-12(2)17(14,15)6-4-11-9(13)8-7-16-5-3-10-8/h8,10H,3-7H2,1-2H3,(H,11,13). The van der Waals surface area contributed by atoms with Crippen molar-refractivity contribution in [2.75, 3.05) is 46.2 Å². The van der Waals surface area contributed by atoms with Crippen molar-refractivity contribution in [1.82, 2.24) is 14.9 Å². The van der Waals surface area contributed by atoms with Crippen LogP contribution in [-0.2, 0) is 19.6 Å². The van der Waals surface area contributed by atoms with Gasteiger partial charge in [0, 0.05) is 27.2 Å². The van der Waals surface area contributed by atoms with Gasteiger partial charge >= 0.3 is 0 Å². The van der Waals surface area contributed by atoms with E-state index in [9.17, 15) is 13.2 Å². The Morgan fingerprint density at radius 2 is 2.24 bits per heavy atom. The first kappa shape index (κ1) is 14.4. The summed E-state index contributed by atoms with van der Waals surface area (Å²) in [6.45, 7) is 1.66. The highest BCUT2D eigenvalue weighted by Gasteiger charge is 2.21. The molecule has 2 N–H and O–H groups in total. The van der Waals surface area contributed by atoms with E-state index in [0.29, 0.717) is 19.8 Å². The Labute approximate surface area is 102 Å². The fourth-order valence-electron chi connectivity index (χ4n) is 1.34. The SMILES string of the molecule is CN(C)S(=O)(=O)CCNC(=O)C1COCCN1. The minimum Gasteiger partial charge on any atom is -0.378 e. The molecule has 1 fully saturated rings. The molecule has 1 rings (SSSR count). The topological polar surface area (TPSA) is 87.7 Å². The maximum atomic E-state index is 11.6. The van der Waals surface area contributed by atoms with Gasteiger partial charge in [0.25, 0.3) is 0 Å². The van der Waals surface area contributed by atoms with E-state index in [1.165, 1.54) is 14.1 Å². The maximum absolute atomic E-state index is 11.6. The van der Waals surface area contributed by atoms with Gasteiger partial charge in [-0.3, -0.25) is 4.79 Å². The van der Waals surface area contributed by atoms with E-state index in [1.54, 1.807) is 0 Å². The van der Waals surface area contributed by atoms with Crippen molar-refractivity contribution >= 4 is 15.9 Å². The first-order valence-corrected chi connectivity index (χ1v) is 7.03. The lowest BCUT2D eigenvalue weighted by atomic mass is 10.2. The van der Waals surface area contributed by atoms with Gasteiger partial charge in [-0.25, -0.2) is 12.7 Å². The molecule has 17 heavy (non-hydrogen) atoms. The zero-order chi connectivity index (χ0) is 12.9. The van der Waals surface area contributed by atoms with E-state index in [-0.39, 0.29) is 24.2 Å². The van der Waals surface area contributed by atoms with Crippen LogP contribution in [0.3, 0.4) is 0 Å². The van der Waals surface area contributed by atoms with E-state index >= 15 is 0 Å². The number of hydrogen-bond acceptors (Lipinski definition) is 5. The van der Waals surface area contributed by atoms with Gasteiger partial charge in [-0.05, 0) is 0 Å². The molecule has 1 unspecified atom stereocenters. The molecular formula is C9H19N3O4S. The molecule has 0 aromatic carbocycles. The quantitative estimate of drug-likeness (QED) is 0.599. The smallest absolute Gasteiger partial charge is 0.239 e. The van der Waals surface area contributed by atoms with Crippen LogP contribution in [0.25, 0.3) is 0 Å². The molecule has 0 aliphatic carbocycles. The maximum Gasteiger partial charge on any atom is 0.239 e. The van der Waals surface area contributed by atoms with Crippen LogP contribution in [0.2, 0.25) is 0 Å². The molecule has 0 radical (unpaired) electrons. The number of nitrogens with one attached hydrogen (secondary N) is 2. The average molecular weight is 265 g/mol. The lowest BCUT2D eigenvalue weighted by Crippen LogP contribution is -2.52. The van der Waals surface area contributed by atoms with Gasteiger partial charge in [-0.1, -0.05) is 0 Å². The lowest BCUT2D eigenvalue weighted by Gasteiger charge is -2.23. The Hall–Kier alpha value is -0.700. The zero-order valence-corrected chi connectivity index (χ0v) is 10.9. The van der Waals surface area contributed by atoms with Gasteiger partial charge in [0.1, 0.15) is 6.04 Å². The first-order chi connectivity index (χ1) is 7.93. The summed E-state index contributed by atoms with van der Waals surface area (Å²) >= 11 is 0. The van der Waals surface area contributed by atoms with Crippen LogP contribution in [-0.4, -0.2) is 70.8 Å². The van der Waals surface area contributed by atoms with Gasteiger partial charge < -0.3 is 15.4 Å². The van der Waals surface area contributed by atoms with Crippen molar-refractivity contribution in [3.63, 3.8) is 0 Å². The van der Waals surface area contributed by atoms with Crippen LogP contribution in [0.5, 0.6) is 0 Å². The number of ether oxygens (including phenoxy) is 1. The molecule has 1 amide bonds. The van der Waals surface area contributed by atoms with Crippen LogP contribution in [0.1, 0.15) is 0 Å². The van der Waals surface area contributed by atoms with Crippen LogP contribution < -0.4 is 10.6 Å². The summed E-state index contributed by atoms with van der Waals surface area (Å²) in [6, 6.07) is -0.384. The lowest BCUT2D eigenvalue weighted by molar-refractivity contribution is -0.125. The number of sulfonamides is 1. The molecule has 0 aromatic rings. The molecule has 1 aliphatic heterocycles. The molecule has 0 aromatic heterocycles. The number of carbonyl (C=O) groups excluding carboxylic acids is 1. The predicted molar refractivity (Wildman–Crippen MR) is 63.1 cm³/mol. The van der Waals surface area contributed by atoms with Gasteiger partial charge in [-0.15, -0.1) is 0 Å². The van der Waals surface area contributed by atoms with E-state index in [2.05, 4.69) is 10.6 Å². The number of rotatable bonds is 5. The molecule has 1 atom stereocenters. The summed E-state index contributed by atoms with van der Waals surface area (Å²) in [5.41, 5.74) is 0. The largest absolute Gasteiger partial charge is 0.378 e. The van der Waals surface area contributed by atoms with E-state index in [1.807, 2.05) is 0 Å². The highest BCUT2D eigenvalue weighted by molar-refractivity contribution is 7.89. The summed E-state index contributed by atoms with van der Waals surface area (Å²) in [6.07, 6.45) is 0. The molecule has 8 heteroatoms. The average Bonchev–Trinajstić information content (AvgIpc) is 2.29. The third-order valence-electron chi connectivity index (χ3n) is 2.45. The minimum atomic E-state index is -3.26. The summed E-state index contributed by atoms with van der Waals surface area (Å²) in [5.74, 6) is -0.321. The second-order valence-electron chi connectivity index (χ2n) is 3.97. The van der Waals surface area contributed by atoms with Crippen LogP contribution >= 0.6 is 0 Å². The normalized spacial score (nSPS) is 21.5. The third kappa shape index (κ3) is 4.58. The fraction of sp³-hybridized carbons (Fsp3) is 0.889. The highest BCUT2D eigenvalue weighted by atomic mass is 32.2. The van der Waals surface area contributed by atoms with Crippen molar-refractivity contribution in [1.29, 1.82) is 0 Å². The Bertz CT molecular complexity index is 349. The molecule has 1 aliphatic rings. The Balaban J connectivity index is 2.29. The second-order valence-corrected chi connectivity index (χ2v) is 6.27. The first-order valence-electron chi connectivity index (χ1n) is 5.42. The second kappa shape index (κ2) is 6.29. The Morgan fingerprint density at radius 3 is 2.76 bits per heavy atom. The van der Waals surface area contributed by atoms with Crippen molar-refractivity contribution in [3.05, 3.63) is 0 Å².